The number of hydrogen-bond donors (Lipinski definition) is 1. The van der Waals surface area contributed by atoms with Crippen molar-refractivity contribution < 1.29 is 0 Å². The second-order valence-electron chi connectivity index (χ2n) is 12.6. The summed E-state index contributed by atoms with van der Waals surface area (Å²) < 4.78 is 0. The number of allylic oxidation sites excluding steroid dienone is 2. The van der Waals surface area contributed by atoms with Crippen LogP contribution in [0.25, 0.3) is 71.0 Å². The Morgan fingerprint density at radius 1 is 0.468 bits per heavy atom. The third-order valence-electron chi connectivity index (χ3n) is 9.84. The van der Waals surface area contributed by atoms with E-state index in [2.05, 4.69) is 182 Å². The number of nitrogens with one attached hydrogen (secondary N) is 1. The van der Waals surface area contributed by atoms with Crippen LogP contribution in [-0.2, 0) is 0 Å². The van der Waals surface area contributed by atoms with Gasteiger partial charge in [-0.25, -0.2) is 0 Å². The molecule has 0 aliphatic carbocycles. The minimum atomic E-state index is 0.123. The van der Waals surface area contributed by atoms with Crippen molar-refractivity contribution >= 4 is 48.8 Å². The molecule has 1 heteroatoms. The van der Waals surface area contributed by atoms with E-state index in [0.717, 1.165) is 5.70 Å². The average molecular weight is 600 g/mol. The van der Waals surface area contributed by atoms with Crippen molar-refractivity contribution in [3.63, 3.8) is 0 Å². The minimum Gasteiger partial charge on any atom is -0.374 e. The summed E-state index contributed by atoms with van der Waals surface area (Å²) in [6.45, 7) is 2.20. The van der Waals surface area contributed by atoms with E-state index in [0.29, 0.717) is 0 Å². The summed E-state index contributed by atoms with van der Waals surface area (Å²) in [7, 11) is 0. The van der Waals surface area contributed by atoms with Gasteiger partial charge in [-0.2, -0.15) is 0 Å². The molecule has 1 atom stereocenters. The van der Waals surface area contributed by atoms with E-state index in [4.69, 9.17) is 0 Å². The van der Waals surface area contributed by atoms with E-state index in [1.807, 2.05) is 0 Å². The van der Waals surface area contributed by atoms with Gasteiger partial charge >= 0.3 is 0 Å². The van der Waals surface area contributed by atoms with Gasteiger partial charge in [0, 0.05) is 5.70 Å². The summed E-state index contributed by atoms with van der Waals surface area (Å²) >= 11 is 0. The van der Waals surface area contributed by atoms with Gasteiger partial charge in [0.25, 0.3) is 0 Å². The third kappa shape index (κ3) is 4.63. The SMILES string of the molecule is Cc1cccc2c(-c3c4ccccc4c(-c4ccc(C5=CC=CC(c6ccc7ccccc7c6)N5)cc4)c4ccccc34)cccc12. The first-order valence-electron chi connectivity index (χ1n) is 16.4. The maximum Gasteiger partial charge on any atom is 0.0701 e. The lowest BCUT2D eigenvalue weighted by molar-refractivity contribution is 0.765. The fourth-order valence-electron chi connectivity index (χ4n) is 7.53. The van der Waals surface area contributed by atoms with Crippen LogP contribution in [0, 0.1) is 6.92 Å². The first kappa shape index (κ1) is 27.4. The molecule has 0 amide bonds. The Morgan fingerprint density at radius 3 is 1.81 bits per heavy atom. The van der Waals surface area contributed by atoms with Crippen LogP contribution in [0.3, 0.4) is 0 Å². The fraction of sp³-hybridized carbons (Fsp3) is 0.0435. The standard InChI is InChI=1S/C46H33N/c1-30-11-8-19-37-36(30)18-9-20-38(37)46-41-16-6-4-14-39(41)45(40-15-5-7-17-42(40)46)33-26-24-32(25-27-33)43-21-10-22-44(47-43)35-28-23-31-12-2-3-13-34(31)29-35/h2-29,44,47H,1H3. The molecule has 1 N–H and O–H groups in total. The summed E-state index contributed by atoms with van der Waals surface area (Å²) in [4.78, 5) is 0. The van der Waals surface area contributed by atoms with E-state index in [9.17, 15) is 0 Å². The molecule has 1 aliphatic rings. The van der Waals surface area contributed by atoms with Crippen LogP contribution in [0.4, 0.5) is 0 Å². The molecule has 0 radical (unpaired) electrons. The van der Waals surface area contributed by atoms with Crippen LogP contribution < -0.4 is 5.32 Å². The number of benzene rings is 8. The summed E-state index contributed by atoms with van der Waals surface area (Å²) in [5, 5.41) is 14.0. The molecule has 0 fully saturated rings. The largest absolute Gasteiger partial charge is 0.374 e. The van der Waals surface area contributed by atoms with Crippen molar-refractivity contribution in [1.29, 1.82) is 0 Å². The van der Waals surface area contributed by atoms with Crippen molar-refractivity contribution in [2.45, 2.75) is 13.0 Å². The van der Waals surface area contributed by atoms with Gasteiger partial charge in [0.15, 0.2) is 0 Å². The van der Waals surface area contributed by atoms with Gasteiger partial charge in [-0.05, 0) is 101 Å². The quantitative estimate of drug-likeness (QED) is 0.198. The van der Waals surface area contributed by atoms with Gasteiger partial charge in [0.1, 0.15) is 0 Å². The molecule has 1 aliphatic heterocycles. The number of rotatable bonds is 4. The molecule has 0 spiro atoms. The van der Waals surface area contributed by atoms with Gasteiger partial charge in [0.2, 0.25) is 0 Å². The Morgan fingerprint density at radius 2 is 1.06 bits per heavy atom. The zero-order valence-corrected chi connectivity index (χ0v) is 26.2. The van der Waals surface area contributed by atoms with Gasteiger partial charge in [-0.15, -0.1) is 0 Å². The van der Waals surface area contributed by atoms with E-state index in [1.165, 1.54) is 82.0 Å². The highest BCUT2D eigenvalue weighted by Gasteiger charge is 2.19. The molecular weight excluding hydrogens is 567 g/mol. The van der Waals surface area contributed by atoms with Crippen molar-refractivity contribution in [2.24, 2.45) is 0 Å². The number of aryl methyl sites for hydroxylation is 1. The highest BCUT2D eigenvalue weighted by Crippen LogP contribution is 2.45. The van der Waals surface area contributed by atoms with E-state index in [1.54, 1.807) is 0 Å². The van der Waals surface area contributed by atoms with Crippen LogP contribution >= 0.6 is 0 Å². The van der Waals surface area contributed by atoms with Gasteiger partial charge in [0.05, 0.1) is 6.04 Å². The fourth-order valence-corrected chi connectivity index (χ4v) is 7.53. The Bertz CT molecular complexity index is 2490. The molecule has 1 unspecified atom stereocenters. The summed E-state index contributed by atoms with van der Waals surface area (Å²) in [5.74, 6) is 0. The van der Waals surface area contributed by atoms with Crippen molar-refractivity contribution in [1.82, 2.24) is 5.32 Å². The van der Waals surface area contributed by atoms with E-state index >= 15 is 0 Å². The van der Waals surface area contributed by atoms with Crippen LogP contribution in [0.2, 0.25) is 0 Å². The predicted octanol–water partition coefficient (Wildman–Crippen LogP) is 12.2. The maximum atomic E-state index is 3.79. The Balaban J connectivity index is 1.14. The van der Waals surface area contributed by atoms with E-state index < -0.39 is 0 Å². The Hall–Kier alpha value is -5.92. The van der Waals surface area contributed by atoms with Crippen LogP contribution in [0.15, 0.2) is 170 Å². The first-order chi connectivity index (χ1) is 23.2. The number of dihydropyridines is 1. The van der Waals surface area contributed by atoms with Gasteiger partial charge in [-0.1, -0.05) is 158 Å². The minimum absolute atomic E-state index is 0.123. The van der Waals surface area contributed by atoms with Crippen molar-refractivity contribution in [3.05, 3.63) is 187 Å². The second kappa shape index (κ2) is 11.2. The molecule has 0 bridgehead atoms. The number of hydrogen-bond acceptors (Lipinski definition) is 1. The monoisotopic (exact) mass is 599 g/mol. The number of fused-ring (bicyclic) bond motifs is 4. The molecule has 9 rings (SSSR count). The normalized spacial score (nSPS) is 14.5. The molecule has 222 valence electrons. The Kier molecular flexibility index (Phi) is 6.50. The maximum absolute atomic E-state index is 3.79. The molecule has 47 heavy (non-hydrogen) atoms. The molecule has 8 aromatic carbocycles. The molecule has 1 heterocycles. The highest BCUT2D eigenvalue weighted by atomic mass is 14.9. The summed E-state index contributed by atoms with van der Waals surface area (Å²) in [6, 6.07) is 55.7. The van der Waals surface area contributed by atoms with Crippen molar-refractivity contribution in [3.8, 4) is 22.3 Å². The first-order valence-corrected chi connectivity index (χ1v) is 16.4. The van der Waals surface area contributed by atoms with Gasteiger partial charge < -0.3 is 5.32 Å². The molecule has 1 nitrogen and oxygen atoms in total. The highest BCUT2D eigenvalue weighted by molar-refractivity contribution is 6.23. The molecule has 0 saturated heterocycles. The summed E-state index contributed by atoms with van der Waals surface area (Å²) in [6.07, 6.45) is 6.59. The molecular formula is C46H33N. The second-order valence-corrected chi connectivity index (χ2v) is 12.6. The van der Waals surface area contributed by atoms with Crippen LogP contribution in [-0.4, -0.2) is 0 Å². The van der Waals surface area contributed by atoms with Crippen molar-refractivity contribution in [2.75, 3.05) is 0 Å². The molecule has 0 saturated carbocycles. The Labute approximate surface area is 275 Å². The van der Waals surface area contributed by atoms with E-state index in [-0.39, 0.29) is 6.04 Å². The summed E-state index contributed by atoms with van der Waals surface area (Å²) in [5.41, 5.74) is 9.97. The lowest BCUT2D eigenvalue weighted by Gasteiger charge is -2.23. The predicted molar refractivity (Wildman–Crippen MR) is 202 cm³/mol. The molecule has 0 aromatic heterocycles. The van der Waals surface area contributed by atoms with Crippen LogP contribution in [0.5, 0.6) is 0 Å². The zero-order chi connectivity index (χ0) is 31.3. The average Bonchev–Trinajstić information content (AvgIpc) is 3.14. The van der Waals surface area contributed by atoms with Crippen LogP contribution in [0.1, 0.15) is 22.7 Å². The smallest absolute Gasteiger partial charge is 0.0701 e. The molecule has 8 aromatic rings. The zero-order valence-electron chi connectivity index (χ0n) is 26.2. The lowest BCUT2D eigenvalue weighted by atomic mass is 9.84. The lowest BCUT2D eigenvalue weighted by Crippen LogP contribution is -2.20. The topological polar surface area (TPSA) is 12.0 Å². The van der Waals surface area contributed by atoms with Gasteiger partial charge in [-0.3, -0.25) is 0 Å². The third-order valence-corrected chi connectivity index (χ3v) is 9.84.